The lowest BCUT2D eigenvalue weighted by atomic mass is 10.1. The van der Waals surface area contributed by atoms with Crippen molar-refractivity contribution >= 4 is 45.2 Å². The summed E-state index contributed by atoms with van der Waals surface area (Å²) in [5.74, 6) is -0.0804. The van der Waals surface area contributed by atoms with E-state index in [2.05, 4.69) is 0 Å². The van der Waals surface area contributed by atoms with Crippen LogP contribution in [-0.4, -0.2) is 20.9 Å². The van der Waals surface area contributed by atoms with Crippen molar-refractivity contribution in [3.8, 4) is 0 Å². The van der Waals surface area contributed by atoms with Gasteiger partial charge >= 0.3 is 0 Å². The van der Waals surface area contributed by atoms with Crippen molar-refractivity contribution in [3.05, 3.63) is 65.2 Å². The molecule has 1 unspecified atom stereocenters. The second kappa shape index (κ2) is 10.3. The molecule has 2 aromatic rings. The number of ketones is 1. The lowest BCUT2D eigenvalue weighted by Gasteiger charge is -2.01. The largest absolute Gasteiger partial charge is 0.293 e. The van der Waals surface area contributed by atoms with E-state index in [-0.39, 0.29) is 16.7 Å². The van der Waals surface area contributed by atoms with Crippen LogP contribution in [0.4, 0.5) is 0 Å². The van der Waals surface area contributed by atoms with E-state index in [9.17, 15) is 13.8 Å². The van der Waals surface area contributed by atoms with Crippen LogP contribution < -0.4 is 5.14 Å². The van der Waals surface area contributed by atoms with Gasteiger partial charge < -0.3 is 0 Å². The first-order valence-electron chi connectivity index (χ1n) is 6.53. The molecule has 0 aromatic heterocycles. The van der Waals surface area contributed by atoms with Gasteiger partial charge in [-0.05, 0) is 24.3 Å². The first-order chi connectivity index (χ1) is 10.9. The zero-order chi connectivity index (χ0) is 17.2. The SMILES string of the molecule is CC(=O)SCC(=O)c1cccc(S(N)=O)c1.Clc1ccccc1. The molecule has 2 aromatic carbocycles. The van der Waals surface area contributed by atoms with Crippen LogP contribution in [0, 0.1) is 0 Å². The molecule has 0 saturated heterocycles. The van der Waals surface area contributed by atoms with Gasteiger partial charge in [-0.1, -0.05) is 53.7 Å². The summed E-state index contributed by atoms with van der Waals surface area (Å²) < 4.78 is 11.0. The normalized spacial score (nSPS) is 11.1. The molecular formula is C16H16ClNO3S2. The molecule has 0 bridgehead atoms. The molecule has 2 rings (SSSR count). The number of thioether (sulfide) groups is 1. The molecule has 0 spiro atoms. The second-order valence-corrected chi connectivity index (χ2v) is 6.98. The van der Waals surface area contributed by atoms with Gasteiger partial charge in [-0.15, -0.1) is 0 Å². The van der Waals surface area contributed by atoms with Gasteiger partial charge in [0.05, 0.1) is 10.6 Å². The molecule has 0 aliphatic carbocycles. The number of nitrogens with two attached hydrogens (primary N) is 1. The third-order valence-electron chi connectivity index (χ3n) is 2.53. The fourth-order valence-corrected chi connectivity index (χ4v) is 2.56. The Labute approximate surface area is 147 Å². The van der Waals surface area contributed by atoms with Gasteiger partial charge in [0.2, 0.25) is 0 Å². The number of carbonyl (C=O) groups is 2. The molecule has 0 heterocycles. The van der Waals surface area contributed by atoms with Crippen LogP contribution in [0.2, 0.25) is 5.02 Å². The maximum Gasteiger partial charge on any atom is 0.186 e. The van der Waals surface area contributed by atoms with Crippen LogP contribution in [0.5, 0.6) is 0 Å². The maximum absolute atomic E-state index is 11.6. The molecule has 122 valence electrons. The highest BCUT2D eigenvalue weighted by atomic mass is 35.5. The van der Waals surface area contributed by atoms with Crippen molar-refractivity contribution < 1.29 is 13.8 Å². The van der Waals surface area contributed by atoms with Crippen LogP contribution in [0.3, 0.4) is 0 Å². The number of rotatable bonds is 4. The fraction of sp³-hybridized carbons (Fsp3) is 0.125. The monoisotopic (exact) mass is 369 g/mol. The molecule has 0 radical (unpaired) electrons. The summed E-state index contributed by atoms with van der Waals surface area (Å²) in [5.41, 5.74) is 0.421. The van der Waals surface area contributed by atoms with Gasteiger partial charge in [0, 0.05) is 17.5 Å². The third kappa shape index (κ3) is 8.08. The van der Waals surface area contributed by atoms with Crippen LogP contribution in [0.1, 0.15) is 17.3 Å². The first-order valence-corrected chi connectivity index (χ1v) is 9.11. The van der Waals surface area contributed by atoms with Crippen LogP contribution in [0.25, 0.3) is 0 Å². The third-order valence-corrected chi connectivity index (χ3v) is 4.31. The Hall–Kier alpha value is -1.47. The number of hydrogen-bond acceptors (Lipinski definition) is 4. The molecule has 0 aliphatic rings. The lowest BCUT2D eigenvalue weighted by molar-refractivity contribution is -0.109. The highest BCUT2D eigenvalue weighted by Gasteiger charge is 2.09. The van der Waals surface area contributed by atoms with Gasteiger partial charge in [-0.25, -0.2) is 9.35 Å². The van der Waals surface area contributed by atoms with Crippen molar-refractivity contribution in [2.45, 2.75) is 11.8 Å². The Morgan fingerprint density at radius 3 is 2.26 bits per heavy atom. The zero-order valence-corrected chi connectivity index (χ0v) is 14.8. The predicted octanol–water partition coefficient (Wildman–Crippen LogP) is 3.47. The molecule has 23 heavy (non-hydrogen) atoms. The minimum atomic E-state index is -1.59. The highest BCUT2D eigenvalue weighted by Crippen LogP contribution is 2.11. The lowest BCUT2D eigenvalue weighted by Crippen LogP contribution is -2.07. The topological polar surface area (TPSA) is 77.2 Å². The van der Waals surface area contributed by atoms with Gasteiger partial charge in [0.25, 0.3) is 0 Å². The van der Waals surface area contributed by atoms with Crippen molar-refractivity contribution in [3.63, 3.8) is 0 Å². The number of benzene rings is 2. The van der Waals surface area contributed by atoms with Crippen LogP contribution >= 0.6 is 23.4 Å². The van der Waals surface area contributed by atoms with Gasteiger partial charge in [-0.3, -0.25) is 9.59 Å². The van der Waals surface area contributed by atoms with Crippen molar-refractivity contribution in [2.75, 3.05) is 5.75 Å². The Kier molecular flexibility index (Phi) is 8.79. The van der Waals surface area contributed by atoms with E-state index in [1.54, 1.807) is 18.2 Å². The highest BCUT2D eigenvalue weighted by molar-refractivity contribution is 8.14. The summed E-state index contributed by atoms with van der Waals surface area (Å²) in [6, 6.07) is 15.7. The van der Waals surface area contributed by atoms with Gasteiger partial charge in [0.1, 0.15) is 11.0 Å². The van der Waals surface area contributed by atoms with Gasteiger partial charge in [-0.2, -0.15) is 0 Å². The number of carbonyl (C=O) groups excluding carboxylic acids is 2. The number of hydrogen-bond donors (Lipinski definition) is 1. The van der Waals surface area contributed by atoms with E-state index in [1.807, 2.05) is 30.3 Å². The van der Waals surface area contributed by atoms with E-state index in [0.717, 1.165) is 16.8 Å². The van der Waals surface area contributed by atoms with Crippen molar-refractivity contribution in [1.29, 1.82) is 0 Å². The summed E-state index contributed by atoms with van der Waals surface area (Å²) >= 11 is 6.49. The van der Waals surface area contributed by atoms with E-state index >= 15 is 0 Å². The average molecular weight is 370 g/mol. The summed E-state index contributed by atoms with van der Waals surface area (Å²) in [5, 5.41) is 5.90. The molecule has 0 fully saturated rings. The van der Waals surface area contributed by atoms with Crippen LogP contribution in [0.15, 0.2) is 59.5 Å². The minimum absolute atomic E-state index is 0.0932. The minimum Gasteiger partial charge on any atom is -0.293 e. The average Bonchev–Trinajstić information content (AvgIpc) is 2.54. The second-order valence-electron chi connectivity index (χ2n) is 4.32. The van der Waals surface area contributed by atoms with E-state index in [1.165, 1.54) is 13.0 Å². The molecular weight excluding hydrogens is 354 g/mol. The smallest absolute Gasteiger partial charge is 0.186 e. The quantitative estimate of drug-likeness (QED) is 0.837. The summed E-state index contributed by atoms with van der Waals surface area (Å²) in [7, 11) is -1.59. The molecule has 0 saturated carbocycles. The summed E-state index contributed by atoms with van der Waals surface area (Å²) in [4.78, 5) is 22.7. The van der Waals surface area contributed by atoms with E-state index in [0.29, 0.717) is 10.5 Å². The van der Waals surface area contributed by atoms with E-state index < -0.39 is 11.0 Å². The molecule has 2 N–H and O–H groups in total. The standard InChI is InChI=1S/C10H11NO3S2.C6H5Cl/c1-7(12)15-6-10(13)8-3-2-4-9(5-8)16(11)14;7-6-4-2-1-3-5-6/h2-5H,6,11H2,1H3;1-5H. The molecule has 1 atom stereocenters. The molecule has 0 aliphatic heterocycles. The Morgan fingerprint density at radius 1 is 1.13 bits per heavy atom. The summed E-state index contributed by atoms with van der Waals surface area (Å²) in [6.45, 7) is 1.41. The zero-order valence-electron chi connectivity index (χ0n) is 12.4. The van der Waals surface area contributed by atoms with Crippen molar-refractivity contribution in [1.82, 2.24) is 0 Å². The summed E-state index contributed by atoms with van der Waals surface area (Å²) in [6.07, 6.45) is 0. The van der Waals surface area contributed by atoms with Crippen LogP contribution in [-0.2, 0) is 15.8 Å². The van der Waals surface area contributed by atoms with Gasteiger partial charge in [0.15, 0.2) is 10.9 Å². The Bertz CT molecular complexity index is 693. The van der Waals surface area contributed by atoms with E-state index in [4.69, 9.17) is 16.7 Å². The molecule has 7 heteroatoms. The number of Topliss-reactive ketones (excluding diaryl/α,β-unsaturated/α-hetero) is 1. The van der Waals surface area contributed by atoms with Crippen molar-refractivity contribution in [2.24, 2.45) is 5.14 Å². The maximum atomic E-state index is 11.6. The predicted molar refractivity (Wildman–Crippen MR) is 96.0 cm³/mol. The Morgan fingerprint density at radius 2 is 1.78 bits per heavy atom. The first kappa shape index (κ1) is 19.6. The fourth-order valence-electron chi connectivity index (χ4n) is 1.46. The molecule has 4 nitrogen and oxygen atoms in total. The Balaban J connectivity index is 0.000000313. The number of halogens is 1. The molecule has 0 amide bonds.